The molecule has 1 aliphatic heterocycles. The van der Waals surface area contributed by atoms with Crippen LogP contribution in [-0.4, -0.2) is 42.4 Å². The second kappa shape index (κ2) is 6.16. The molecule has 1 atom stereocenters. The molecule has 1 fully saturated rings. The number of benzene rings is 1. The van der Waals surface area contributed by atoms with E-state index in [1.165, 1.54) is 0 Å². The lowest BCUT2D eigenvalue weighted by molar-refractivity contribution is 0.0687. The fourth-order valence-electron chi connectivity index (χ4n) is 2.83. The van der Waals surface area contributed by atoms with E-state index in [9.17, 15) is 13.2 Å². The van der Waals surface area contributed by atoms with Gasteiger partial charge in [0.15, 0.2) is 15.5 Å². The fourth-order valence-corrected chi connectivity index (χ4v) is 4.42. The Labute approximate surface area is 135 Å². The molecule has 0 bridgehead atoms. The first-order chi connectivity index (χ1) is 11.0. The number of carbonyl (C=O) groups is 1. The molecule has 1 aromatic heterocycles. The summed E-state index contributed by atoms with van der Waals surface area (Å²) in [4.78, 5) is 14.4. The first-order valence-corrected chi connectivity index (χ1v) is 9.28. The monoisotopic (exact) mass is 334 g/mol. The van der Waals surface area contributed by atoms with Gasteiger partial charge in [0.25, 0.3) is 5.91 Å². The number of sulfone groups is 1. The maximum Gasteiger partial charge on any atom is 0.276 e. The SMILES string of the molecule is Cc1cc(C(=O)N2CCCS(=O)(=O)C[C@H]2c2ccccc2)no1. The zero-order valence-corrected chi connectivity index (χ0v) is 13.6. The van der Waals surface area contributed by atoms with Gasteiger partial charge >= 0.3 is 0 Å². The highest BCUT2D eigenvalue weighted by molar-refractivity contribution is 7.91. The van der Waals surface area contributed by atoms with E-state index in [2.05, 4.69) is 5.16 Å². The van der Waals surface area contributed by atoms with Crippen LogP contribution in [-0.2, 0) is 9.84 Å². The highest BCUT2D eigenvalue weighted by Gasteiger charge is 2.34. The van der Waals surface area contributed by atoms with Crippen molar-refractivity contribution in [3.05, 3.63) is 53.4 Å². The maximum atomic E-state index is 12.8. The minimum atomic E-state index is -3.20. The zero-order chi connectivity index (χ0) is 16.4. The van der Waals surface area contributed by atoms with Gasteiger partial charge in [-0.1, -0.05) is 35.5 Å². The van der Waals surface area contributed by atoms with Crippen molar-refractivity contribution in [1.82, 2.24) is 10.1 Å². The second-order valence-electron chi connectivity index (χ2n) is 5.72. The van der Waals surface area contributed by atoms with Crippen LogP contribution in [0.15, 0.2) is 40.9 Å². The minimum Gasteiger partial charge on any atom is -0.361 e. The molecule has 0 N–H and O–H groups in total. The van der Waals surface area contributed by atoms with E-state index in [1.54, 1.807) is 17.9 Å². The van der Waals surface area contributed by atoms with Crippen molar-refractivity contribution in [2.45, 2.75) is 19.4 Å². The molecule has 1 amide bonds. The molecule has 6 nitrogen and oxygen atoms in total. The number of rotatable bonds is 2. The van der Waals surface area contributed by atoms with E-state index < -0.39 is 15.9 Å². The lowest BCUT2D eigenvalue weighted by atomic mass is 10.1. The molecular formula is C16H18N2O4S. The van der Waals surface area contributed by atoms with Crippen LogP contribution >= 0.6 is 0 Å². The molecule has 2 heterocycles. The number of nitrogens with zero attached hydrogens (tertiary/aromatic N) is 2. The number of hydrogen-bond donors (Lipinski definition) is 0. The number of carbonyl (C=O) groups excluding carboxylic acids is 1. The summed E-state index contributed by atoms with van der Waals surface area (Å²) >= 11 is 0. The topological polar surface area (TPSA) is 80.5 Å². The number of amides is 1. The highest BCUT2D eigenvalue weighted by Crippen LogP contribution is 2.27. The molecule has 1 saturated heterocycles. The van der Waals surface area contributed by atoms with Crippen LogP contribution < -0.4 is 0 Å². The van der Waals surface area contributed by atoms with Crippen LogP contribution in [0.3, 0.4) is 0 Å². The van der Waals surface area contributed by atoms with Gasteiger partial charge in [0, 0.05) is 12.6 Å². The molecule has 23 heavy (non-hydrogen) atoms. The van der Waals surface area contributed by atoms with E-state index in [1.807, 2.05) is 30.3 Å². The second-order valence-corrected chi connectivity index (χ2v) is 7.94. The molecule has 1 aromatic carbocycles. The van der Waals surface area contributed by atoms with Gasteiger partial charge in [-0.2, -0.15) is 0 Å². The summed E-state index contributed by atoms with van der Waals surface area (Å²) in [5.41, 5.74) is 1.02. The number of aromatic nitrogens is 1. The molecule has 0 spiro atoms. The third-order valence-corrected chi connectivity index (χ3v) is 5.67. The average molecular weight is 334 g/mol. The normalized spacial score (nSPS) is 20.9. The Morgan fingerprint density at radius 3 is 2.70 bits per heavy atom. The Kier molecular flexibility index (Phi) is 4.21. The number of aryl methyl sites for hydroxylation is 1. The third-order valence-electron chi connectivity index (χ3n) is 3.93. The van der Waals surface area contributed by atoms with E-state index in [4.69, 9.17) is 4.52 Å². The lowest BCUT2D eigenvalue weighted by Crippen LogP contribution is -2.37. The smallest absolute Gasteiger partial charge is 0.276 e. The molecule has 1 aliphatic rings. The Morgan fingerprint density at radius 2 is 2.04 bits per heavy atom. The molecule has 122 valence electrons. The molecular weight excluding hydrogens is 316 g/mol. The minimum absolute atomic E-state index is 0.0699. The van der Waals surface area contributed by atoms with Crippen molar-refractivity contribution in [2.24, 2.45) is 0 Å². The van der Waals surface area contributed by atoms with Crippen LogP contribution in [0.1, 0.15) is 34.3 Å². The Hall–Kier alpha value is -2.15. The number of hydrogen-bond acceptors (Lipinski definition) is 5. The van der Waals surface area contributed by atoms with Crippen molar-refractivity contribution in [1.29, 1.82) is 0 Å². The summed E-state index contributed by atoms with van der Waals surface area (Å²) in [6.45, 7) is 2.09. The maximum absolute atomic E-state index is 12.8. The van der Waals surface area contributed by atoms with Gasteiger partial charge in [-0.15, -0.1) is 0 Å². The molecule has 0 saturated carbocycles. The first-order valence-electron chi connectivity index (χ1n) is 7.46. The predicted octanol–water partition coefficient (Wildman–Crippen LogP) is 1.99. The van der Waals surface area contributed by atoms with Gasteiger partial charge < -0.3 is 9.42 Å². The lowest BCUT2D eigenvalue weighted by Gasteiger charge is -2.29. The van der Waals surface area contributed by atoms with Crippen LogP contribution in [0.4, 0.5) is 0 Å². The highest BCUT2D eigenvalue weighted by atomic mass is 32.2. The van der Waals surface area contributed by atoms with Gasteiger partial charge in [0.1, 0.15) is 5.76 Å². The van der Waals surface area contributed by atoms with E-state index in [0.717, 1.165) is 5.56 Å². The average Bonchev–Trinajstić information content (AvgIpc) is 2.89. The first kappa shape index (κ1) is 15.7. The summed E-state index contributed by atoms with van der Waals surface area (Å²) < 4.78 is 29.4. The summed E-state index contributed by atoms with van der Waals surface area (Å²) in [7, 11) is -3.20. The van der Waals surface area contributed by atoms with E-state index in [0.29, 0.717) is 18.7 Å². The van der Waals surface area contributed by atoms with Gasteiger partial charge in [0.05, 0.1) is 17.5 Å². The summed E-state index contributed by atoms with van der Waals surface area (Å²) in [5, 5.41) is 3.77. The van der Waals surface area contributed by atoms with Gasteiger partial charge in [-0.25, -0.2) is 8.42 Å². The van der Waals surface area contributed by atoms with Crippen molar-refractivity contribution in [3.63, 3.8) is 0 Å². The van der Waals surface area contributed by atoms with Crippen molar-refractivity contribution in [3.8, 4) is 0 Å². The zero-order valence-electron chi connectivity index (χ0n) is 12.8. The van der Waals surface area contributed by atoms with Crippen LogP contribution in [0.2, 0.25) is 0 Å². The van der Waals surface area contributed by atoms with Gasteiger partial charge in [0.2, 0.25) is 0 Å². The van der Waals surface area contributed by atoms with E-state index in [-0.39, 0.29) is 23.1 Å². The molecule has 0 aliphatic carbocycles. The summed E-state index contributed by atoms with van der Waals surface area (Å²) in [6, 6.07) is 10.3. The summed E-state index contributed by atoms with van der Waals surface area (Å²) in [5.74, 6) is 0.275. The molecule has 2 aromatic rings. The van der Waals surface area contributed by atoms with E-state index >= 15 is 0 Å². The molecule has 7 heteroatoms. The Bertz CT molecular complexity index is 798. The Morgan fingerprint density at radius 1 is 1.30 bits per heavy atom. The largest absolute Gasteiger partial charge is 0.361 e. The molecule has 0 radical (unpaired) electrons. The van der Waals surface area contributed by atoms with Gasteiger partial charge in [-0.3, -0.25) is 4.79 Å². The van der Waals surface area contributed by atoms with Crippen molar-refractivity contribution in [2.75, 3.05) is 18.1 Å². The molecule has 0 unspecified atom stereocenters. The Balaban J connectivity index is 1.99. The van der Waals surface area contributed by atoms with Crippen molar-refractivity contribution < 1.29 is 17.7 Å². The summed E-state index contributed by atoms with van der Waals surface area (Å²) in [6.07, 6.45) is 0.425. The van der Waals surface area contributed by atoms with Gasteiger partial charge in [-0.05, 0) is 18.9 Å². The van der Waals surface area contributed by atoms with Crippen LogP contribution in [0, 0.1) is 6.92 Å². The van der Waals surface area contributed by atoms with Crippen LogP contribution in [0.5, 0.6) is 0 Å². The molecule has 3 rings (SSSR count). The van der Waals surface area contributed by atoms with Crippen LogP contribution in [0.25, 0.3) is 0 Å². The standard InChI is InChI=1S/C16H18N2O4S/c1-12-10-14(17-22-12)16(19)18-8-5-9-23(20,21)11-15(18)13-6-3-2-4-7-13/h2-4,6-7,10,15H,5,8-9,11H2,1H3/t15-/m0/s1. The quantitative estimate of drug-likeness (QED) is 0.839. The third kappa shape index (κ3) is 3.44. The fraction of sp³-hybridized carbons (Fsp3) is 0.375. The predicted molar refractivity (Wildman–Crippen MR) is 84.7 cm³/mol. The van der Waals surface area contributed by atoms with Crippen molar-refractivity contribution >= 4 is 15.7 Å².